The van der Waals surface area contributed by atoms with E-state index in [1.54, 1.807) is 24.5 Å². The molecule has 0 saturated carbocycles. The van der Waals surface area contributed by atoms with Crippen LogP contribution in [-0.4, -0.2) is 27.3 Å². The smallest absolute Gasteiger partial charge is 0.387 e. The summed E-state index contributed by atoms with van der Waals surface area (Å²) in [5, 5.41) is 6.75. The van der Waals surface area contributed by atoms with Crippen LogP contribution in [-0.2, 0) is 11.3 Å². The summed E-state index contributed by atoms with van der Waals surface area (Å²) >= 11 is 5.06. The number of nitrogens with one attached hydrogen (secondary N) is 1. The highest BCUT2D eigenvalue weighted by molar-refractivity contribution is 7.71. The fourth-order valence-electron chi connectivity index (χ4n) is 2.07. The second-order valence-corrected chi connectivity index (χ2v) is 5.37. The molecule has 0 aliphatic carbocycles. The van der Waals surface area contributed by atoms with Crippen LogP contribution in [0.1, 0.15) is 0 Å². The first-order chi connectivity index (χ1) is 12.5. The first-order valence-electron chi connectivity index (χ1n) is 7.34. The quantitative estimate of drug-likeness (QED) is 0.661. The molecule has 7 nitrogen and oxygen atoms in total. The van der Waals surface area contributed by atoms with Crippen molar-refractivity contribution in [1.29, 1.82) is 0 Å². The minimum Gasteiger partial charge on any atom is -0.435 e. The van der Waals surface area contributed by atoms with Crippen molar-refractivity contribution in [1.82, 2.24) is 14.8 Å². The summed E-state index contributed by atoms with van der Waals surface area (Å²) < 4.78 is 35.1. The largest absolute Gasteiger partial charge is 0.435 e. The fourth-order valence-corrected chi connectivity index (χ4v) is 2.25. The van der Waals surface area contributed by atoms with E-state index in [4.69, 9.17) is 16.6 Å². The van der Waals surface area contributed by atoms with Gasteiger partial charge < -0.3 is 14.5 Å². The van der Waals surface area contributed by atoms with Crippen molar-refractivity contribution < 1.29 is 22.7 Å². The van der Waals surface area contributed by atoms with Crippen molar-refractivity contribution >= 4 is 23.8 Å². The summed E-state index contributed by atoms with van der Waals surface area (Å²) in [7, 11) is 0. The van der Waals surface area contributed by atoms with Crippen molar-refractivity contribution in [2.24, 2.45) is 0 Å². The highest BCUT2D eigenvalue weighted by Crippen LogP contribution is 2.18. The van der Waals surface area contributed by atoms with Crippen LogP contribution in [0.4, 0.5) is 14.5 Å². The van der Waals surface area contributed by atoms with Gasteiger partial charge in [-0.15, -0.1) is 5.10 Å². The van der Waals surface area contributed by atoms with E-state index in [2.05, 4.69) is 20.1 Å². The van der Waals surface area contributed by atoms with Crippen molar-refractivity contribution in [3.63, 3.8) is 0 Å². The number of amides is 1. The van der Waals surface area contributed by atoms with Gasteiger partial charge in [-0.1, -0.05) is 0 Å². The molecule has 0 aliphatic heterocycles. The molecule has 0 unspecified atom stereocenters. The lowest BCUT2D eigenvalue weighted by atomic mass is 10.3. The third kappa shape index (κ3) is 4.48. The molecule has 0 saturated heterocycles. The maximum Gasteiger partial charge on any atom is 0.387 e. The lowest BCUT2D eigenvalue weighted by Gasteiger charge is -2.07. The molecular weight excluding hydrogens is 366 g/mol. The number of benzene rings is 1. The minimum atomic E-state index is -2.90. The summed E-state index contributed by atoms with van der Waals surface area (Å²) in [5.41, 5.74) is 1.05. The normalized spacial score (nSPS) is 10.7. The Morgan fingerprint density at radius 1 is 1.31 bits per heavy atom. The lowest BCUT2D eigenvalue weighted by Crippen LogP contribution is -2.19. The third-order valence-corrected chi connectivity index (χ3v) is 3.47. The molecule has 0 radical (unpaired) electrons. The molecule has 3 aromatic rings. The van der Waals surface area contributed by atoms with Gasteiger partial charge in [0.1, 0.15) is 12.3 Å². The van der Waals surface area contributed by atoms with Gasteiger partial charge >= 0.3 is 6.61 Å². The zero-order valence-electron chi connectivity index (χ0n) is 13.1. The van der Waals surface area contributed by atoms with Gasteiger partial charge in [0.25, 0.3) is 4.84 Å². The van der Waals surface area contributed by atoms with Gasteiger partial charge in [0.05, 0.1) is 5.56 Å². The van der Waals surface area contributed by atoms with Crippen LogP contribution in [0.5, 0.6) is 5.75 Å². The molecule has 2 heterocycles. The second kappa shape index (κ2) is 7.83. The highest BCUT2D eigenvalue weighted by Gasteiger charge is 2.12. The molecular formula is C16H12F2N4O3S. The summed E-state index contributed by atoms with van der Waals surface area (Å²) in [6.45, 7) is -3.07. The molecule has 0 spiro atoms. The number of alkyl halides is 2. The van der Waals surface area contributed by atoms with Crippen molar-refractivity contribution in [2.75, 3.05) is 5.32 Å². The SMILES string of the molecule is O=C(Cn1nc(-c2cccnc2)oc1=S)Nc1ccc(OC(F)F)cc1. The molecule has 134 valence electrons. The number of halogens is 2. The van der Waals surface area contributed by atoms with E-state index in [9.17, 15) is 13.6 Å². The second-order valence-electron chi connectivity index (χ2n) is 5.02. The van der Waals surface area contributed by atoms with Gasteiger partial charge in [0.15, 0.2) is 0 Å². The van der Waals surface area contributed by atoms with Crippen molar-refractivity contribution in [3.8, 4) is 17.2 Å². The molecule has 1 N–H and O–H groups in total. The molecule has 0 bridgehead atoms. The number of hydrogen-bond donors (Lipinski definition) is 1. The van der Waals surface area contributed by atoms with E-state index < -0.39 is 12.5 Å². The molecule has 26 heavy (non-hydrogen) atoms. The van der Waals surface area contributed by atoms with Crippen LogP contribution in [0.2, 0.25) is 0 Å². The Morgan fingerprint density at radius 2 is 2.08 bits per heavy atom. The first-order valence-corrected chi connectivity index (χ1v) is 7.75. The Hall–Kier alpha value is -3.14. The topological polar surface area (TPSA) is 82.2 Å². The summed E-state index contributed by atoms with van der Waals surface area (Å²) in [4.78, 5) is 16.1. The summed E-state index contributed by atoms with van der Waals surface area (Å²) in [5.74, 6) is -0.156. The Labute approximate surface area is 151 Å². The number of carbonyl (C=O) groups excluding carboxylic acids is 1. The van der Waals surface area contributed by atoms with Crippen LogP contribution in [0.15, 0.2) is 53.2 Å². The predicted molar refractivity (Wildman–Crippen MR) is 90.3 cm³/mol. The molecule has 3 rings (SSSR count). The molecule has 10 heteroatoms. The van der Waals surface area contributed by atoms with E-state index in [1.165, 1.54) is 28.9 Å². The van der Waals surface area contributed by atoms with Crippen LogP contribution in [0.3, 0.4) is 0 Å². The standard InChI is InChI=1S/C16H12F2N4O3S/c17-15(18)24-12-5-3-11(4-6-12)20-13(23)9-22-16(26)25-14(21-22)10-2-1-7-19-8-10/h1-8,15H,9H2,(H,20,23). The van der Waals surface area contributed by atoms with Crippen LogP contribution in [0.25, 0.3) is 11.5 Å². The molecule has 2 aromatic heterocycles. The van der Waals surface area contributed by atoms with Crippen LogP contribution >= 0.6 is 12.2 Å². The number of ether oxygens (including phenoxy) is 1. The average Bonchev–Trinajstić information content (AvgIpc) is 2.97. The van der Waals surface area contributed by atoms with Crippen LogP contribution < -0.4 is 10.1 Å². The van der Waals surface area contributed by atoms with E-state index in [0.717, 1.165) is 0 Å². The lowest BCUT2D eigenvalue weighted by molar-refractivity contribution is -0.117. The number of rotatable bonds is 6. The van der Waals surface area contributed by atoms with E-state index in [1.807, 2.05) is 0 Å². The summed E-state index contributed by atoms with van der Waals surface area (Å²) in [6, 6.07) is 9.01. The van der Waals surface area contributed by atoms with Gasteiger partial charge in [-0.05, 0) is 48.6 Å². The Bertz CT molecular complexity index is 942. The zero-order valence-corrected chi connectivity index (χ0v) is 14.0. The Kier molecular flexibility index (Phi) is 5.32. The number of hydrogen-bond acceptors (Lipinski definition) is 6. The van der Waals surface area contributed by atoms with Gasteiger partial charge in [-0.2, -0.15) is 8.78 Å². The van der Waals surface area contributed by atoms with Crippen molar-refractivity contribution in [2.45, 2.75) is 13.2 Å². The van der Waals surface area contributed by atoms with Gasteiger partial charge in [-0.3, -0.25) is 9.78 Å². The number of pyridine rings is 1. The van der Waals surface area contributed by atoms with E-state index >= 15 is 0 Å². The Morgan fingerprint density at radius 3 is 2.73 bits per heavy atom. The predicted octanol–water partition coefficient (Wildman–Crippen LogP) is 3.51. The maximum absolute atomic E-state index is 12.1. The molecule has 0 fully saturated rings. The highest BCUT2D eigenvalue weighted by atomic mass is 32.1. The monoisotopic (exact) mass is 378 g/mol. The van der Waals surface area contributed by atoms with E-state index in [-0.39, 0.29) is 23.0 Å². The van der Waals surface area contributed by atoms with Gasteiger partial charge in [0.2, 0.25) is 11.8 Å². The minimum absolute atomic E-state index is 0.00201. The Balaban J connectivity index is 1.65. The fraction of sp³-hybridized carbons (Fsp3) is 0.125. The van der Waals surface area contributed by atoms with Gasteiger partial charge in [-0.25, -0.2) is 4.68 Å². The molecule has 0 atom stereocenters. The summed E-state index contributed by atoms with van der Waals surface area (Å²) in [6.07, 6.45) is 3.17. The van der Waals surface area contributed by atoms with Crippen molar-refractivity contribution in [3.05, 3.63) is 53.6 Å². The number of anilines is 1. The van der Waals surface area contributed by atoms with Crippen LogP contribution in [0, 0.1) is 4.84 Å². The maximum atomic E-state index is 12.1. The first kappa shape index (κ1) is 17.7. The number of nitrogens with zero attached hydrogens (tertiary/aromatic N) is 3. The van der Waals surface area contributed by atoms with E-state index in [0.29, 0.717) is 11.3 Å². The third-order valence-electron chi connectivity index (χ3n) is 3.17. The number of carbonyl (C=O) groups is 1. The molecule has 1 amide bonds. The molecule has 0 aliphatic rings. The zero-order chi connectivity index (χ0) is 18.5. The molecule has 1 aromatic carbocycles. The number of aromatic nitrogens is 3. The van der Waals surface area contributed by atoms with Gasteiger partial charge in [0, 0.05) is 18.1 Å². The average molecular weight is 378 g/mol.